The summed E-state index contributed by atoms with van der Waals surface area (Å²) < 4.78 is 2.33. The number of hydrogen-bond acceptors (Lipinski definition) is 4. The summed E-state index contributed by atoms with van der Waals surface area (Å²) in [6.45, 7) is 0. The smallest absolute Gasteiger partial charge is 0.192 e. The largest absolute Gasteiger partial charge is 0.298 e. The Morgan fingerprint density at radius 3 is 2.74 bits per heavy atom. The molecule has 3 aromatic rings. The molecular weight excluding hydrogens is 322 g/mol. The lowest BCUT2D eigenvalue weighted by atomic mass is 10.2. The first-order valence-corrected chi connectivity index (χ1v) is 9.61. The van der Waals surface area contributed by atoms with Crippen LogP contribution in [0.3, 0.4) is 0 Å². The minimum absolute atomic E-state index is 0.586. The van der Waals surface area contributed by atoms with Crippen molar-refractivity contribution in [1.29, 1.82) is 0 Å². The molecular formula is C18H17N3S2. The first-order valence-electron chi connectivity index (χ1n) is 7.75. The van der Waals surface area contributed by atoms with E-state index in [-0.39, 0.29) is 0 Å². The van der Waals surface area contributed by atoms with E-state index in [1.807, 2.05) is 6.07 Å². The lowest BCUT2D eigenvalue weighted by Crippen LogP contribution is -1.98. The number of thiophene rings is 1. The number of hydrogen-bond donors (Lipinski definition) is 0. The van der Waals surface area contributed by atoms with Gasteiger partial charge in [0, 0.05) is 11.8 Å². The van der Waals surface area contributed by atoms with Crippen LogP contribution in [0.1, 0.15) is 24.4 Å². The van der Waals surface area contributed by atoms with E-state index in [1.165, 1.54) is 23.3 Å². The highest BCUT2D eigenvalue weighted by Gasteiger charge is 2.30. The Hall–Kier alpha value is -1.85. The molecule has 3 nitrogen and oxygen atoms in total. The second-order valence-corrected chi connectivity index (χ2v) is 7.44. The zero-order valence-corrected chi connectivity index (χ0v) is 14.3. The molecule has 0 spiro atoms. The van der Waals surface area contributed by atoms with Gasteiger partial charge >= 0.3 is 0 Å². The maximum Gasteiger partial charge on any atom is 0.192 e. The highest BCUT2D eigenvalue weighted by molar-refractivity contribution is 7.99. The summed E-state index contributed by atoms with van der Waals surface area (Å²) in [6, 6.07) is 15.2. The van der Waals surface area contributed by atoms with Crippen molar-refractivity contribution in [3.05, 3.63) is 59.5 Å². The number of nitrogens with zero attached hydrogens (tertiary/aromatic N) is 3. The van der Waals surface area contributed by atoms with Gasteiger partial charge in [-0.1, -0.05) is 60.3 Å². The van der Waals surface area contributed by atoms with Crippen molar-refractivity contribution in [3.63, 3.8) is 0 Å². The molecule has 0 amide bonds. The Morgan fingerprint density at radius 1 is 1.13 bits per heavy atom. The van der Waals surface area contributed by atoms with Crippen molar-refractivity contribution in [3.8, 4) is 10.7 Å². The third-order valence-electron chi connectivity index (χ3n) is 3.74. The Bertz CT molecular complexity index is 787. The topological polar surface area (TPSA) is 30.7 Å². The fraction of sp³-hybridized carbons (Fsp3) is 0.222. The van der Waals surface area contributed by atoms with E-state index in [2.05, 4.69) is 68.7 Å². The van der Waals surface area contributed by atoms with Crippen LogP contribution in [0.25, 0.3) is 16.8 Å². The summed E-state index contributed by atoms with van der Waals surface area (Å²) in [5.41, 5.74) is 1.23. The van der Waals surface area contributed by atoms with Crippen LogP contribution in [0.15, 0.2) is 59.1 Å². The van der Waals surface area contributed by atoms with Crippen LogP contribution in [0.5, 0.6) is 0 Å². The predicted octanol–water partition coefficient (Wildman–Crippen LogP) is 5.15. The average Bonchev–Trinajstić information content (AvgIpc) is 3.11. The van der Waals surface area contributed by atoms with Gasteiger partial charge < -0.3 is 0 Å². The van der Waals surface area contributed by atoms with Crippen molar-refractivity contribution >= 4 is 29.2 Å². The summed E-state index contributed by atoms with van der Waals surface area (Å²) in [4.78, 5) is 1.20. The normalized spacial score (nSPS) is 14.6. The first kappa shape index (κ1) is 14.7. The zero-order valence-electron chi connectivity index (χ0n) is 12.6. The van der Waals surface area contributed by atoms with Gasteiger partial charge in [0.25, 0.3) is 0 Å². The molecule has 2 heterocycles. The molecule has 0 bridgehead atoms. The number of benzene rings is 1. The minimum Gasteiger partial charge on any atom is -0.298 e. The van der Waals surface area contributed by atoms with Gasteiger partial charge in [0.2, 0.25) is 0 Å². The monoisotopic (exact) mass is 339 g/mol. The number of aromatic nitrogens is 3. The summed E-state index contributed by atoms with van der Waals surface area (Å²) in [5.74, 6) is 1.93. The molecule has 0 unspecified atom stereocenters. The van der Waals surface area contributed by atoms with Crippen LogP contribution in [0.4, 0.5) is 0 Å². The van der Waals surface area contributed by atoms with Crippen LogP contribution >= 0.6 is 23.1 Å². The van der Waals surface area contributed by atoms with E-state index >= 15 is 0 Å². The van der Waals surface area contributed by atoms with Crippen molar-refractivity contribution in [2.75, 3.05) is 5.75 Å². The van der Waals surface area contributed by atoms with Gasteiger partial charge in [0.05, 0.1) is 4.88 Å². The van der Waals surface area contributed by atoms with Gasteiger partial charge in [-0.3, -0.25) is 4.57 Å². The van der Waals surface area contributed by atoms with Gasteiger partial charge in [0.1, 0.15) is 0 Å². The Labute approximate surface area is 144 Å². The third-order valence-corrected chi connectivity index (χ3v) is 5.50. The first-order chi connectivity index (χ1) is 11.4. The van der Waals surface area contributed by atoms with Crippen molar-refractivity contribution in [2.45, 2.75) is 24.0 Å². The quantitative estimate of drug-likeness (QED) is 0.582. The maximum absolute atomic E-state index is 4.44. The third kappa shape index (κ3) is 3.41. The molecule has 1 aliphatic carbocycles. The molecule has 1 aliphatic rings. The van der Waals surface area contributed by atoms with Crippen LogP contribution in [-0.4, -0.2) is 20.5 Å². The Balaban J connectivity index is 1.48. The number of rotatable bonds is 6. The van der Waals surface area contributed by atoms with E-state index in [0.717, 1.165) is 16.7 Å². The molecule has 4 rings (SSSR count). The van der Waals surface area contributed by atoms with E-state index in [1.54, 1.807) is 23.1 Å². The van der Waals surface area contributed by atoms with Crippen molar-refractivity contribution in [1.82, 2.24) is 14.8 Å². The minimum atomic E-state index is 0.586. The summed E-state index contributed by atoms with van der Waals surface area (Å²) >= 11 is 3.49. The fourth-order valence-corrected chi connectivity index (χ4v) is 4.00. The van der Waals surface area contributed by atoms with E-state index in [9.17, 15) is 0 Å². The van der Waals surface area contributed by atoms with Crippen LogP contribution in [-0.2, 0) is 0 Å². The molecule has 0 saturated heterocycles. The zero-order chi connectivity index (χ0) is 15.5. The van der Waals surface area contributed by atoms with E-state index in [4.69, 9.17) is 0 Å². The molecule has 1 aromatic carbocycles. The molecule has 0 atom stereocenters. The maximum atomic E-state index is 4.44. The predicted molar refractivity (Wildman–Crippen MR) is 97.8 cm³/mol. The lowest BCUT2D eigenvalue weighted by Gasteiger charge is -2.06. The van der Waals surface area contributed by atoms with E-state index < -0.39 is 0 Å². The van der Waals surface area contributed by atoms with Gasteiger partial charge in [-0.05, 0) is 29.9 Å². The fourth-order valence-electron chi connectivity index (χ4n) is 2.48. The summed E-state index contributed by atoms with van der Waals surface area (Å²) in [5, 5.41) is 12.0. The molecule has 1 saturated carbocycles. The highest BCUT2D eigenvalue weighted by atomic mass is 32.2. The summed E-state index contributed by atoms with van der Waals surface area (Å²) in [7, 11) is 0. The molecule has 5 heteroatoms. The van der Waals surface area contributed by atoms with Gasteiger partial charge in [-0.15, -0.1) is 21.5 Å². The standard InChI is InChI=1S/C18H17N3S2/c1-2-6-14(7-3-1)8-4-13-23-18-20-19-17(16-9-5-12-22-16)21(18)15-10-11-15/h1-9,12,15H,10-11,13H2/b8-4+. The molecule has 1 fully saturated rings. The molecule has 2 aromatic heterocycles. The molecule has 23 heavy (non-hydrogen) atoms. The van der Waals surface area contributed by atoms with Gasteiger partial charge in [-0.25, -0.2) is 0 Å². The van der Waals surface area contributed by atoms with E-state index in [0.29, 0.717) is 6.04 Å². The van der Waals surface area contributed by atoms with Gasteiger partial charge in [-0.2, -0.15) is 0 Å². The average molecular weight is 339 g/mol. The molecule has 0 aliphatic heterocycles. The highest BCUT2D eigenvalue weighted by Crippen LogP contribution is 2.41. The van der Waals surface area contributed by atoms with Crippen LogP contribution in [0, 0.1) is 0 Å². The Morgan fingerprint density at radius 2 is 2.00 bits per heavy atom. The number of thioether (sulfide) groups is 1. The lowest BCUT2D eigenvalue weighted by molar-refractivity contribution is 0.670. The van der Waals surface area contributed by atoms with Crippen LogP contribution < -0.4 is 0 Å². The Kier molecular flexibility index (Phi) is 4.30. The van der Waals surface area contributed by atoms with Crippen molar-refractivity contribution in [2.24, 2.45) is 0 Å². The second kappa shape index (κ2) is 6.72. The summed E-state index contributed by atoms with van der Waals surface area (Å²) in [6.07, 6.45) is 6.83. The second-order valence-electron chi connectivity index (χ2n) is 5.51. The van der Waals surface area contributed by atoms with Crippen molar-refractivity contribution < 1.29 is 0 Å². The molecule has 116 valence electrons. The van der Waals surface area contributed by atoms with Crippen LogP contribution in [0.2, 0.25) is 0 Å². The molecule has 0 radical (unpaired) electrons. The SMILES string of the molecule is C(=C\c1ccccc1)/CSc1nnc(-c2cccs2)n1C1CC1. The molecule has 0 N–H and O–H groups in total. The van der Waals surface area contributed by atoms with Gasteiger partial charge in [0.15, 0.2) is 11.0 Å².